The van der Waals surface area contributed by atoms with Crippen molar-refractivity contribution in [3.8, 4) is 5.75 Å². The van der Waals surface area contributed by atoms with Crippen LogP contribution < -0.4 is 10.1 Å². The number of hydrogen-bond donors (Lipinski definition) is 1. The number of anilines is 1. The highest BCUT2D eigenvalue weighted by Crippen LogP contribution is 2.17. The summed E-state index contributed by atoms with van der Waals surface area (Å²) in [5.74, 6) is 0.743. The van der Waals surface area contributed by atoms with Crippen LogP contribution in [0.4, 0.5) is 10.5 Å². The fourth-order valence-electron chi connectivity index (χ4n) is 3.05. The minimum atomic E-state index is -3.51. The molecule has 0 unspecified atom stereocenters. The van der Waals surface area contributed by atoms with Gasteiger partial charge in [0.15, 0.2) is 0 Å². The Morgan fingerprint density at radius 1 is 1.00 bits per heavy atom. The molecule has 0 spiro atoms. The molecule has 0 radical (unpaired) electrons. The Kier molecular flexibility index (Phi) is 10.3. The molecule has 188 valence electrons. The summed E-state index contributed by atoms with van der Waals surface area (Å²) in [7, 11) is -3.51. The van der Waals surface area contributed by atoms with Crippen molar-refractivity contribution in [1.29, 1.82) is 0 Å². The summed E-state index contributed by atoms with van der Waals surface area (Å²) < 4.78 is 44.0. The number of nitrogens with one attached hydrogen (secondary N) is 1. The summed E-state index contributed by atoms with van der Waals surface area (Å²) in [5.41, 5.74) is 2.20. The van der Waals surface area contributed by atoms with Crippen LogP contribution in [0, 0.1) is 0 Å². The van der Waals surface area contributed by atoms with E-state index in [-0.39, 0.29) is 12.7 Å². The molecule has 0 heterocycles. The van der Waals surface area contributed by atoms with Gasteiger partial charge in [0.1, 0.15) is 11.4 Å². The van der Waals surface area contributed by atoms with E-state index in [0.717, 1.165) is 23.1 Å². The highest BCUT2D eigenvalue weighted by Gasteiger charge is 2.16. The van der Waals surface area contributed by atoms with Crippen LogP contribution in [0.15, 0.2) is 48.5 Å². The van der Waals surface area contributed by atoms with E-state index in [1.807, 2.05) is 76.2 Å². The van der Waals surface area contributed by atoms with E-state index in [4.69, 9.17) is 18.4 Å². The van der Waals surface area contributed by atoms with Crippen molar-refractivity contribution in [3.05, 3.63) is 59.7 Å². The van der Waals surface area contributed by atoms with Crippen LogP contribution >= 0.6 is 0 Å². The van der Waals surface area contributed by atoms with Gasteiger partial charge in [-0.3, -0.25) is 9.50 Å². The number of amides is 1. The van der Waals surface area contributed by atoms with Crippen LogP contribution in [0.5, 0.6) is 5.75 Å². The maximum absolute atomic E-state index is 11.8. The SMILES string of the molecule is CCO[C@H](COS(C)(=O)=O)Cc1ccc(OCCc2ccc(NC(=O)OC(C)(C)C)cc2)cc1. The lowest BCUT2D eigenvalue weighted by Gasteiger charge is -2.19. The molecule has 0 aromatic heterocycles. The van der Waals surface area contributed by atoms with Crippen LogP contribution in [0.3, 0.4) is 0 Å². The van der Waals surface area contributed by atoms with Gasteiger partial charge in [0.2, 0.25) is 0 Å². The summed E-state index contributed by atoms with van der Waals surface area (Å²) >= 11 is 0. The van der Waals surface area contributed by atoms with Gasteiger partial charge in [-0.2, -0.15) is 8.42 Å². The van der Waals surface area contributed by atoms with Gasteiger partial charge >= 0.3 is 6.09 Å². The third kappa shape index (κ3) is 11.5. The van der Waals surface area contributed by atoms with E-state index in [0.29, 0.717) is 31.7 Å². The molecule has 0 aliphatic rings. The molecule has 1 N–H and O–H groups in total. The molecule has 2 aromatic rings. The minimum Gasteiger partial charge on any atom is -0.493 e. The smallest absolute Gasteiger partial charge is 0.412 e. The Morgan fingerprint density at radius 2 is 1.62 bits per heavy atom. The Hall–Kier alpha value is -2.62. The second-order valence-electron chi connectivity index (χ2n) is 8.84. The largest absolute Gasteiger partial charge is 0.493 e. The van der Waals surface area contributed by atoms with Gasteiger partial charge in [-0.15, -0.1) is 0 Å². The summed E-state index contributed by atoms with van der Waals surface area (Å²) in [6.07, 6.45) is 1.44. The quantitative estimate of drug-likeness (QED) is 0.432. The second-order valence-corrected chi connectivity index (χ2v) is 10.5. The third-order valence-electron chi connectivity index (χ3n) is 4.52. The molecule has 0 fully saturated rings. The maximum Gasteiger partial charge on any atom is 0.412 e. The molecule has 2 aromatic carbocycles. The van der Waals surface area contributed by atoms with Crippen LogP contribution in [0.25, 0.3) is 0 Å². The predicted molar refractivity (Wildman–Crippen MR) is 132 cm³/mol. The van der Waals surface area contributed by atoms with Crippen LogP contribution in [0.1, 0.15) is 38.8 Å². The molecule has 0 aliphatic heterocycles. The van der Waals surface area contributed by atoms with E-state index in [9.17, 15) is 13.2 Å². The monoisotopic (exact) mass is 493 g/mol. The van der Waals surface area contributed by atoms with Crippen molar-refractivity contribution in [2.75, 3.05) is 31.4 Å². The summed E-state index contributed by atoms with van der Waals surface area (Å²) in [6.45, 7) is 8.26. The highest BCUT2D eigenvalue weighted by molar-refractivity contribution is 7.85. The first-order valence-corrected chi connectivity index (χ1v) is 13.0. The van der Waals surface area contributed by atoms with Gasteiger partial charge in [-0.1, -0.05) is 24.3 Å². The van der Waals surface area contributed by atoms with Gasteiger partial charge < -0.3 is 14.2 Å². The van der Waals surface area contributed by atoms with Crippen molar-refractivity contribution in [1.82, 2.24) is 0 Å². The normalized spacial score (nSPS) is 12.7. The predicted octanol–water partition coefficient (Wildman–Crippen LogP) is 4.58. The molecule has 1 amide bonds. The zero-order valence-corrected chi connectivity index (χ0v) is 21.3. The van der Waals surface area contributed by atoms with E-state index >= 15 is 0 Å². The lowest BCUT2D eigenvalue weighted by Crippen LogP contribution is -2.27. The maximum atomic E-state index is 11.8. The average molecular weight is 494 g/mol. The standard InChI is InChI=1S/C25H35NO7S/c1-6-30-23(18-32-34(5,28)29)17-20-9-13-22(14-10-20)31-16-15-19-7-11-21(12-8-19)26-24(27)33-25(2,3)4/h7-14,23H,6,15-18H2,1-5H3,(H,26,27)/t23-/m0/s1. The molecule has 34 heavy (non-hydrogen) atoms. The summed E-state index contributed by atoms with van der Waals surface area (Å²) in [6, 6.07) is 15.1. The van der Waals surface area contributed by atoms with Crippen LogP contribution in [-0.2, 0) is 36.6 Å². The van der Waals surface area contributed by atoms with Crippen LogP contribution in [0.2, 0.25) is 0 Å². The highest BCUT2D eigenvalue weighted by atomic mass is 32.2. The molecule has 0 saturated carbocycles. The molecule has 1 atom stereocenters. The first-order valence-electron chi connectivity index (χ1n) is 11.2. The lowest BCUT2D eigenvalue weighted by atomic mass is 10.1. The van der Waals surface area contributed by atoms with Crippen molar-refractivity contribution in [2.24, 2.45) is 0 Å². The minimum absolute atomic E-state index is 0.0169. The van der Waals surface area contributed by atoms with Gasteiger partial charge in [0, 0.05) is 25.1 Å². The van der Waals surface area contributed by atoms with E-state index < -0.39 is 21.8 Å². The van der Waals surface area contributed by atoms with Crippen LogP contribution in [-0.4, -0.2) is 52.3 Å². The van der Waals surface area contributed by atoms with E-state index in [1.54, 1.807) is 0 Å². The number of benzene rings is 2. The zero-order chi connectivity index (χ0) is 25.2. The van der Waals surface area contributed by atoms with E-state index in [2.05, 4.69) is 5.32 Å². The number of carbonyl (C=O) groups excluding carboxylic acids is 1. The number of hydrogen-bond acceptors (Lipinski definition) is 7. The molecule has 0 bridgehead atoms. The van der Waals surface area contributed by atoms with Crippen molar-refractivity contribution in [3.63, 3.8) is 0 Å². The Balaban J connectivity index is 1.79. The number of rotatable bonds is 12. The van der Waals surface area contributed by atoms with Gasteiger partial charge in [-0.25, -0.2) is 4.79 Å². The van der Waals surface area contributed by atoms with E-state index in [1.165, 1.54) is 0 Å². The first-order chi connectivity index (χ1) is 15.9. The molecule has 0 saturated heterocycles. The topological polar surface area (TPSA) is 100 Å². The molecule has 8 nitrogen and oxygen atoms in total. The fourth-order valence-corrected chi connectivity index (χ4v) is 3.45. The molecular formula is C25H35NO7S. The number of ether oxygens (including phenoxy) is 3. The van der Waals surface area contributed by atoms with Gasteiger partial charge in [0.05, 0.1) is 25.6 Å². The summed E-state index contributed by atoms with van der Waals surface area (Å²) in [5, 5.41) is 2.71. The van der Waals surface area contributed by atoms with Crippen molar-refractivity contribution < 1.29 is 31.6 Å². The third-order valence-corrected chi connectivity index (χ3v) is 5.08. The molecule has 2 rings (SSSR count). The fraction of sp³-hybridized carbons (Fsp3) is 0.480. The van der Waals surface area contributed by atoms with Gasteiger partial charge in [0.25, 0.3) is 10.1 Å². The van der Waals surface area contributed by atoms with Crippen molar-refractivity contribution in [2.45, 2.75) is 52.2 Å². The van der Waals surface area contributed by atoms with Gasteiger partial charge in [-0.05, 0) is 63.1 Å². The zero-order valence-electron chi connectivity index (χ0n) is 20.5. The summed E-state index contributed by atoms with van der Waals surface area (Å²) in [4.78, 5) is 11.8. The average Bonchev–Trinajstić information content (AvgIpc) is 2.73. The van der Waals surface area contributed by atoms with Crippen molar-refractivity contribution >= 4 is 21.9 Å². The Labute approximate surface area is 202 Å². The molecule has 0 aliphatic carbocycles. The molecule has 9 heteroatoms. The molecular weight excluding hydrogens is 458 g/mol. The Morgan fingerprint density at radius 3 is 2.18 bits per heavy atom. The second kappa shape index (κ2) is 12.7. The Bertz CT molecular complexity index is 997. The first kappa shape index (κ1) is 27.6. The number of carbonyl (C=O) groups is 1. The lowest BCUT2D eigenvalue weighted by molar-refractivity contribution is 0.0301.